The van der Waals surface area contributed by atoms with Gasteiger partial charge in [0.05, 0.1) is 11.6 Å². The van der Waals surface area contributed by atoms with Gasteiger partial charge < -0.3 is 9.47 Å². The van der Waals surface area contributed by atoms with Gasteiger partial charge in [0, 0.05) is 13.2 Å². The molecule has 1 aromatic rings. The van der Waals surface area contributed by atoms with E-state index in [0.717, 1.165) is 38.4 Å². The normalized spacial score (nSPS) is 17.7. The molecule has 0 unspecified atom stereocenters. The minimum Gasteiger partial charge on any atom is -0.492 e. The average Bonchev–Trinajstić information content (AvgIpc) is 2.29. The lowest BCUT2D eigenvalue weighted by molar-refractivity contribution is 0.0498. The van der Waals surface area contributed by atoms with Crippen LogP contribution in [-0.2, 0) is 4.74 Å². The lowest BCUT2D eigenvalue weighted by Crippen LogP contribution is -2.21. The van der Waals surface area contributed by atoms with Gasteiger partial charge in [-0.2, -0.15) is 0 Å². The zero-order chi connectivity index (χ0) is 10.5. The van der Waals surface area contributed by atoms with Crippen LogP contribution in [0.3, 0.4) is 0 Å². The third-order valence-corrected chi connectivity index (χ3v) is 2.96. The van der Waals surface area contributed by atoms with Gasteiger partial charge in [-0.1, -0.05) is 23.7 Å². The second-order valence-electron chi connectivity index (χ2n) is 3.80. The van der Waals surface area contributed by atoms with Crippen molar-refractivity contribution in [2.45, 2.75) is 12.8 Å². The van der Waals surface area contributed by atoms with Crippen molar-refractivity contribution in [3.63, 3.8) is 0 Å². The van der Waals surface area contributed by atoms with Crippen LogP contribution in [0.4, 0.5) is 0 Å². The average molecular weight is 227 g/mol. The lowest BCUT2D eigenvalue weighted by atomic mass is 10.0. The number of hydrogen-bond acceptors (Lipinski definition) is 2. The van der Waals surface area contributed by atoms with Crippen molar-refractivity contribution in [2.24, 2.45) is 5.92 Å². The molecule has 1 fully saturated rings. The van der Waals surface area contributed by atoms with Crippen molar-refractivity contribution in [3.05, 3.63) is 29.3 Å². The van der Waals surface area contributed by atoms with Crippen LogP contribution < -0.4 is 4.74 Å². The van der Waals surface area contributed by atoms with Crippen LogP contribution in [0.5, 0.6) is 5.75 Å². The first kappa shape index (κ1) is 10.8. The smallest absolute Gasteiger partial charge is 0.137 e. The van der Waals surface area contributed by atoms with Gasteiger partial charge in [0.25, 0.3) is 0 Å². The Morgan fingerprint density at radius 1 is 1.27 bits per heavy atom. The first-order chi connectivity index (χ1) is 7.36. The first-order valence-electron chi connectivity index (χ1n) is 5.31. The number of para-hydroxylation sites is 1. The Morgan fingerprint density at radius 3 is 2.73 bits per heavy atom. The fourth-order valence-electron chi connectivity index (χ4n) is 1.68. The quantitative estimate of drug-likeness (QED) is 0.789. The van der Waals surface area contributed by atoms with Crippen LogP contribution in [0.2, 0.25) is 5.02 Å². The van der Waals surface area contributed by atoms with E-state index in [9.17, 15) is 0 Å². The highest BCUT2D eigenvalue weighted by molar-refractivity contribution is 6.32. The molecule has 15 heavy (non-hydrogen) atoms. The van der Waals surface area contributed by atoms with E-state index >= 15 is 0 Å². The van der Waals surface area contributed by atoms with E-state index in [2.05, 4.69) is 0 Å². The lowest BCUT2D eigenvalue weighted by Gasteiger charge is -2.22. The fourth-order valence-corrected chi connectivity index (χ4v) is 1.87. The van der Waals surface area contributed by atoms with E-state index < -0.39 is 0 Å². The van der Waals surface area contributed by atoms with Crippen molar-refractivity contribution < 1.29 is 9.47 Å². The van der Waals surface area contributed by atoms with Crippen molar-refractivity contribution in [2.75, 3.05) is 19.8 Å². The van der Waals surface area contributed by atoms with E-state index in [1.54, 1.807) is 0 Å². The molecule has 0 bridgehead atoms. The Hall–Kier alpha value is -0.730. The minimum atomic E-state index is 0.607. The van der Waals surface area contributed by atoms with Crippen LogP contribution in [0.15, 0.2) is 24.3 Å². The van der Waals surface area contributed by atoms with Gasteiger partial charge in [-0.25, -0.2) is 0 Å². The molecule has 0 radical (unpaired) electrons. The van der Waals surface area contributed by atoms with E-state index in [1.807, 2.05) is 24.3 Å². The summed E-state index contributed by atoms with van der Waals surface area (Å²) in [6.45, 7) is 2.46. The zero-order valence-electron chi connectivity index (χ0n) is 8.62. The van der Waals surface area contributed by atoms with Crippen LogP contribution >= 0.6 is 11.6 Å². The molecule has 0 amide bonds. The maximum absolute atomic E-state index is 5.99. The van der Waals surface area contributed by atoms with Crippen molar-refractivity contribution in [1.82, 2.24) is 0 Å². The SMILES string of the molecule is Clc1ccccc1OCC1CCOCC1. The molecule has 1 aliphatic heterocycles. The molecular weight excluding hydrogens is 212 g/mol. The second kappa shape index (κ2) is 5.38. The molecule has 0 N–H and O–H groups in total. The molecule has 1 heterocycles. The summed E-state index contributed by atoms with van der Waals surface area (Å²) < 4.78 is 11.0. The summed E-state index contributed by atoms with van der Waals surface area (Å²) >= 11 is 5.99. The third-order valence-electron chi connectivity index (χ3n) is 2.65. The van der Waals surface area contributed by atoms with Crippen molar-refractivity contribution in [1.29, 1.82) is 0 Å². The fraction of sp³-hybridized carbons (Fsp3) is 0.500. The number of hydrogen-bond donors (Lipinski definition) is 0. The van der Waals surface area contributed by atoms with Gasteiger partial charge in [-0.05, 0) is 30.9 Å². The molecule has 0 aromatic heterocycles. The summed E-state index contributed by atoms with van der Waals surface area (Å²) in [5.41, 5.74) is 0. The number of ether oxygens (including phenoxy) is 2. The number of benzene rings is 1. The number of rotatable bonds is 3. The van der Waals surface area contributed by atoms with E-state index in [0.29, 0.717) is 10.9 Å². The molecule has 0 atom stereocenters. The maximum atomic E-state index is 5.99. The summed E-state index contributed by atoms with van der Waals surface area (Å²) in [6.07, 6.45) is 2.18. The van der Waals surface area contributed by atoms with Gasteiger partial charge >= 0.3 is 0 Å². The van der Waals surface area contributed by atoms with Crippen molar-refractivity contribution in [3.8, 4) is 5.75 Å². The van der Waals surface area contributed by atoms with Crippen LogP contribution in [-0.4, -0.2) is 19.8 Å². The molecule has 1 aromatic carbocycles. The molecule has 1 aliphatic rings. The van der Waals surface area contributed by atoms with Gasteiger partial charge in [0.15, 0.2) is 0 Å². The Balaban J connectivity index is 1.84. The minimum absolute atomic E-state index is 0.607. The molecule has 0 aliphatic carbocycles. The highest BCUT2D eigenvalue weighted by Crippen LogP contribution is 2.25. The topological polar surface area (TPSA) is 18.5 Å². The summed E-state index contributed by atoms with van der Waals surface area (Å²) in [5.74, 6) is 1.39. The van der Waals surface area contributed by atoms with E-state index in [-0.39, 0.29) is 0 Å². The predicted octanol–water partition coefficient (Wildman–Crippen LogP) is 3.15. The monoisotopic (exact) mass is 226 g/mol. The maximum Gasteiger partial charge on any atom is 0.137 e. The highest BCUT2D eigenvalue weighted by atomic mass is 35.5. The molecule has 0 saturated carbocycles. The molecular formula is C12H15ClO2. The number of halogens is 1. The van der Waals surface area contributed by atoms with E-state index in [4.69, 9.17) is 21.1 Å². The van der Waals surface area contributed by atoms with Crippen LogP contribution in [0, 0.1) is 5.92 Å². The van der Waals surface area contributed by atoms with Gasteiger partial charge in [0.1, 0.15) is 5.75 Å². The second-order valence-corrected chi connectivity index (χ2v) is 4.20. The molecule has 3 heteroatoms. The first-order valence-corrected chi connectivity index (χ1v) is 5.69. The summed E-state index contributed by atoms with van der Waals surface area (Å²) in [6, 6.07) is 7.59. The standard InChI is InChI=1S/C12H15ClO2/c13-11-3-1-2-4-12(11)15-9-10-5-7-14-8-6-10/h1-4,10H,5-9H2. The summed E-state index contributed by atoms with van der Waals surface area (Å²) in [5, 5.41) is 0.685. The van der Waals surface area contributed by atoms with Crippen LogP contribution in [0.1, 0.15) is 12.8 Å². The molecule has 2 nitrogen and oxygen atoms in total. The van der Waals surface area contributed by atoms with Gasteiger partial charge in [0.2, 0.25) is 0 Å². The Bertz CT molecular complexity index is 308. The zero-order valence-corrected chi connectivity index (χ0v) is 9.37. The Labute approximate surface area is 95.1 Å². The third kappa shape index (κ3) is 3.11. The molecule has 82 valence electrons. The van der Waals surface area contributed by atoms with Crippen LogP contribution in [0.25, 0.3) is 0 Å². The largest absolute Gasteiger partial charge is 0.492 e. The molecule has 1 saturated heterocycles. The molecule has 2 rings (SSSR count). The van der Waals surface area contributed by atoms with E-state index in [1.165, 1.54) is 0 Å². The van der Waals surface area contributed by atoms with Gasteiger partial charge in [-0.15, -0.1) is 0 Å². The van der Waals surface area contributed by atoms with Crippen molar-refractivity contribution >= 4 is 11.6 Å². The molecule has 0 spiro atoms. The highest BCUT2D eigenvalue weighted by Gasteiger charge is 2.14. The Morgan fingerprint density at radius 2 is 2.00 bits per heavy atom. The summed E-state index contributed by atoms with van der Waals surface area (Å²) in [7, 11) is 0. The predicted molar refractivity (Wildman–Crippen MR) is 60.5 cm³/mol. The Kier molecular flexibility index (Phi) is 3.87. The van der Waals surface area contributed by atoms with Gasteiger partial charge in [-0.3, -0.25) is 0 Å². The summed E-state index contributed by atoms with van der Waals surface area (Å²) in [4.78, 5) is 0.